The molecule has 6 rings (SSSR count). The molecule has 1 N–H and O–H groups in total. The van der Waals surface area contributed by atoms with Gasteiger partial charge in [-0.2, -0.15) is 0 Å². The first kappa shape index (κ1) is 26.5. The summed E-state index contributed by atoms with van der Waals surface area (Å²) in [7, 11) is 1.41. The summed E-state index contributed by atoms with van der Waals surface area (Å²) in [5.41, 5.74) is 1.89. The van der Waals surface area contributed by atoms with Gasteiger partial charge in [0.15, 0.2) is 5.69 Å². The lowest BCUT2D eigenvalue weighted by Gasteiger charge is -2.55. The molecule has 3 unspecified atom stereocenters. The van der Waals surface area contributed by atoms with Crippen molar-refractivity contribution in [1.82, 2.24) is 14.5 Å². The number of aliphatic carboxylic acids is 1. The summed E-state index contributed by atoms with van der Waals surface area (Å²) < 4.78 is 1.96. The summed E-state index contributed by atoms with van der Waals surface area (Å²) >= 11 is 0. The van der Waals surface area contributed by atoms with Crippen LogP contribution in [-0.4, -0.2) is 56.5 Å². The zero-order chi connectivity index (χ0) is 27.1. The molecule has 2 saturated heterocycles. The van der Waals surface area contributed by atoms with Gasteiger partial charge >= 0.3 is 5.97 Å². The van der Waals surface area contributed by atoms with Crippen molar-refractivity contribution in [2.75, 3.05) is 7.11 Å². The molecule has 2 aromatic rings. The van der Waals surface area contributed by atoms with Crippen molar-refractivity contribution in [3.8, 4) is 0 Å². The van der Waals surface area contributed by atoms with E-state index in [1.54, 1.807) is 0 Å². The molecule has 2 aliphatic carbocycles. The summed E-state index contributed by atoms with van der Waals surface area (Å²) in [6.45, 7) is 2.44. The number of hydrogen-bond donors (Lipinski definition) is 1. The molecule has 39 heavy (non-hydrogen) atoms. The molecule has 4 fully saturated rings. The van der Waals surface area contributed by atoms with Crippen LogP contribution in [0.25, 0.3) is 11.0 Å². The molecule has 4 aliphatic rings. The van der Waals surface area contributed by atoms with Crippen molar-refractivity contribution in [2.45, 2.75) is 108 Å². The van der Waals surface area contributed by atoms with E-state index in [0.717, 1.165) is 41.6 Å². The Bertz CT molecular complexity index is 1270. The summed E-state index contributed by atoms with van der Waals surface area (Å²) in [5.74, 6) is 1.70. The van der Waals surface area contributed by atoms with E-state index in [9.17, 15) is 14.7 Å². The van der Waals surface area contributed by atoms with Gasteiger partial charge in [-0.1, -0.05) is 30.6 Å². The molecule has 7 atom stereocenters. The van der Waals surface area contributed by atoms with Crippen LogP contribution in [-0.2, 0) is 9.63 Å². The van der Waals surface area contributed by atoms with Gasteiger partial charge in [0.2, 0.25) is 0 Å². The summed E-state index contributed by atoms with van der Waals surface area (Å²) in [4.78, 5) is 38.0. The zero-order valence-corrected chi connectivity index (χ0v) is 23.3. The number of carbonyl (C=O) groups is 1. The Morgan fingerprint density at radius 3 is 2.33 bits per heavy atom. The number of fused-ring (bicyclic) bond motifs is 5. The highest BCUT2D eigenvalue weighted by Crippen LogP contribution is 2.48. The van der Waals surface area contributed by atoms with Gasteiger partial charge in [0, 0.05) is 30.6 Å². The third kappa shape index (κ3) is 5.24. The minimum Gasteiger partial charge on any atom is -0.481 e. The quantitative estimate of drug-likeness (QED) is 0.378. The van der Waals surface area contributed by atoms with E-state index in [-0.39, 0.29) is 30.1 Å². The lowest BCUT2D eigenvalue weighted by Crippen LogP contribution is -2.59. The number of oxime groups is 1. The fourth-order valence-corrected chi connectivity index (χ4v) is 8.84. The van der Waals surface area contributed by atoms with Crippen molar-refractivity contribution >= 4 is 22.7 Å². The molecular weight excluding hydrogens is 492 g/mol. The average molecular weight is 535 g/mol. The van der Waals surface area contributed by atoms with Gasteiger partial charge in [-0.05, 0) is 87.7 Å². The van der Waals surface area contributed by atoms with E-state index < -0.39 is 5.97 Å². The fraction of sp³-hybridized carbons (Fsp3) is 0.677. The number of aromatic nitrogens is 2. The Balaban J connectivity index is 1.33. The summed E-state index contributed by atoms with van der Waals surface area (Å²) in [6, 6.07) is 9.59. The van der Waals surface area contributed by atoms with Crippen LogP contribution in [0.1, 0.15) is 95.7 Å². The number of hydrogen-bond acceptors (Lipinski definition) is 6. The Morgan fingerprint density at radius 2 is 1.67 bits per heavy atom. The molecule has 0 amide bonds. The number of carboxylic acid groups (broad SMARTS) is 1. The maximum atomic E-state index is 14.1. The van der Waals surface area contributed by atoms with Crippen LogP contribution in [0.2, 0.25) is 0 Å². The maximum absolute atomic E-state index is 14.1. The molecule has 4 bridgehead atoms. The number of benzene rings is 1. The van der Waals surface area contributed by atoms with E-state index in [2.05, 4.69) is 22.0 Å². The predicted octanol–water partition coefficient (Wildman–Crippen LogP) is 5.38. The van der Waals surface area contributed by atoms with E-state index in [1.165, 1.54) is 58.5 Å². The topological polar surface area (TPSA) is 97.0 Å². The smallest absolute Gasteiger partial charge is 0.303 e. The highest BCUT2D eigenvalue weighted by molar-refractivity contribution is 6.00. The molecule has 1 aromatic carbocycles. The monoisotopic (exact) mass is 534 g/mol. The zero-order valence-electron chi connectivity index (χ0n) is 23.3. The largest absolute Gasteiger partial charge is 0.481 e. The Labute approximate surface area is 230 Å². The SMILES string of the molecule is CO/N=C(\CCC(=O)O)c1nc2ccccc2n(C2C[C@H]3CCC[C@@H](C2)N3C2C[C@H]3CC(C)C[C@@H](C2)C3)c1=O. The number of para-hydroxylation sites is 2. The molecular formula is C31H42N4O4. The predicted molar refractivity (Wildman–Crippen MR) is 151 cm³/mol. The Morgan fingerprint density at radius 1 is 0.974 bits per heavy atom. The highest BCUT2D eigenvalue weighted by atomic mass is 16.6. The van der Waals surface area contributed by atoms with Crippen LogP contribution in [0, 0.1) is 17.8 Å². The number of piperidine rings is 2. The van der Waals surface area contributed by atoms with E-state index in [1.807, 2.05) is 28.8 Å². The summed E-state index contributed by atoms with van der Waals surface area (Å²) in [6.07, 6.45) is 12.5. The third-order valence-corrected chi connectivity index (χ3v) is 9.99. The van der Waals surface area contributed by atoms with Gasteiger partial charge in [-0.25, -0.2) is 4.98 Å². The molecule has 0 radical (unpaired) electrons. The lowest BCUT2D eigenvalue weighted by molar-refractivity contribution is -0.136. The van der Waals surface area contributed by atoms with Crippen LogP contribution in [0.4, 0.5) is 0 Å². The first-order valence-electron chi connectivity index (χ1n) is 15.0. The van der Waals surface area contributed by atoms with Gasteiger partial charge in [-0.15, -0.1) is 0 Å². The second kappa shape index (κ2) is 11.0. The molecule has 2 saturated carbocycles. The van der Waals surface area contributed by atoms with Crippen molar-refractivity contribution < 1.29 is 14.7 Å². The van der Waals surface area contributed by atoms with Crippen molar-refractivity contribution in [3.63, 3.8) is 0 Å². The van der Waals surface area contributed by atoms with Gasteiger partial charge in [0.1, 0.15) is 12.8 Å². The number of nitrogens with zero attached hydrogens (tertiary/aromatic N) is 4. The lowest BCUT2D eigenvalue weighted by atomic mass is 9.65. The van der Waals surface area contributed by atoms with Crippen LogP contribution >= 0.6 is 0 Å². The van der Waals surface area contributed by atoms with E-state index in [4.69, 9.17) is 4.84 Å². The number of rotatable bonds is 7. The van der Waals surface area contributed by atoms with Crippen LogP contribution in [0.3, 0.4) is 0 Å². The van der Waals surface area contributed by atoms with Crippen LogP contribution in [0.5, 0.6) is 0 Å². The average Bonchev–Trinajstić information content (AvgIpc) is 2.89. The molecule has 8 heteroatoms. The van der Waals surface area contributed by atoms with Crippen LogP contribution in [0.15, 0.2) is 34.2 Å². The first-order chi connectivity index (χ1) is 18.9. The number of carboxylic acids is 1. The van der Waals surface area contributed by atoms with Crippen molar-refractivity contribution in [2.24, 2.45) is 22.9 Å². The molecule has 1 aromatic heterocycles. The minimum atomic E-state index is -0.943. The van der Waals surface area contributed by atoms with Crippen molar-refractivity contribution in [3.05, 3.63) is 40.3 Å². The van der Waals surface area contributed by atoms with Crippen LogP contribution < -0.4 is 5.56 Å². The fourth-order valence-electron chi connectivity index (χ4n) is 8.84. The van der Waals surface area contributed by atoms with Gasteiger partial charge in [0.25, 0.3) is 5.56 Å². The van der Waals surface area contributed by atoms with E-state index >= 15 is 0 Å². The Kier molecular flexibility index (Phi) is 7.49. The maximum Gasteiger partial charge on any atom is 0.303 e. The van der Waals surface area contributed by atoms with Crippen molar-refractivity contribution in [1.29, 1.82) is 0 Å². The molecule has 2 aliphatic heterocycles. The normalized spacial score (nSPS) is 33.2. The second-order valence-corrected chi connectivity index (χ2v) is 12.7. The standard InChI is InChI=1S/C31H42N4O4/c1-19-12-20-14-21(13-19)16-24(15-20)34-22-6-5-7-23(34)18-25(17-22)35-28-9-4-3-8-26(28)32-30(31(35)38)27(33-39-2)10-11-29(36)37/h3-4,8-9,19-25H,5-7,10-18H2,1-2H3,(H,36,37)/b33-27+/t19?,20-,21+,22-,23+,24?,25?. The molecule has 3 heterocycles. The minimum absolute atomic E-state index is 0.0853. The summed E-state index contributed by atoms with van der Waals surface area (Å²) in [5, 5.41) is 13.3. The second-order valence-electron chi connectivity index (χ2n) is 12.7. The third-order valence-electron chi connectivity index (χ3n) is 9.99. The molecule has 8 nitrogen and oxygen atoms in total. The molecule has 0 spiro atoms. The Hall–Kier alpha value is -2.74. The van der Waals surface area contributed by atoms with Gasteiger partial charge in [0.05, 0.1) is 17.5 Å². The van der Waals surface area contributed by atoms with E-state index in [0.29, 0.717) is 23.8 Å². The molecule has 210 valence electrons. The van der Waals surface area contributed by atoms with Gasteiger partial charge < -0.3 is 14.5 Å². The first-order valence-corrected chi connectivity index (χ1v) is 15.0. The highest BCUT2D eigenvalue weighted by Gasteiger charge is 2.46. The van der Waals surface area contributed by atoms with Gasteiger partial charge in [-0.3, -0.25) is 14.5 Å².